The molecule has 1 aromatic heterocycles. The maximum absolute atomic E-state index is 12.7. The number of nitrogens with zero attached hydrogens (tertiary/aromatic N) is 4. The van der Waals surface area contributed by atoms with E-state index in [1.54, 1.807) is 11.9 Å². The Morgan fingerprint density at radius 3 is 2.52 bits per heavy atom. The Bertz CT molecular complexity index is 826. The third kappa shape index (κ3) is 4.74. The van der Waals surface area contributed by atoms with Crippen LogP contribution in [0.15, 0.2) is 41.2 Å². The van der Waals surface area contributed by atoms with Crippen molar-refractivity contribution in [2.45, 2.75) is 26.4 Å². The summed E-state index contributed by atoms with van der Waals surface area (Å²) >= 11 is 0. The van der Waals surface area contributed by atoms with Gasteiger partial charge >= 0.3 is 0 Å². The zero-order chi connectivity index (χ0) is 19.2. The number of aromatic nitrogens is 2. The van der Waals surface area contributed by atoms with E-state index in [-0.39, 0.29) is 17.2 Å². The van der Waals surface area contributed by atoms with E-state index in [0.29, 0.717) is 13.1 Å². The molecule has 1 fully saturated rings. The zero-order valence-corrected chi connectivity index (χ0v) is 15.9. The third-order valence-electron chi connectivity index (χ3n) is 4.60. The SMILES string of the molecule is CCCn1nc(C(=O)N(C)Cc2ccc(N3CCOCC3)cc2)ccc1=O. The molecule has 0 atom stereocenters. The Balaban J connectivity index is 1.65. The summed E-state index contributed by atoms with van der Waals surface area (Å²) in [4.78, 5) is 28.3. The van der Waals surface area contributed by atoms with Gasteiger partial charge in [-0.15, -0.1) is 0 Å². The molecule has 2 aromatic rings. The fraction of sp³-hybridized carbons (Fsp3) is 0.450. The molecule has 0 saturated carbocycles. The van der Waals surface area contributed by atoms with Crippen LogP contribution in [0.3, 0.4) is 0 Å². The lowest BCUT2D eigenvalue weighted by atomic mass is 10.1. The highest BCUT2D eigenvalue weighted by Gasteiger charge is 2.16. The van der Waals surface area contributed by atoms with E-state index in [2.05, 4.69) is 22.1 Å². The van der Waals surface area contributed by atoms with E-state index in [0.717, 1.165) is 38.3 Å². The predicted octanol–water partition coefficient (Wildman–Crippen LogP) is 1.76. The maximum atomic E-state index is 12.7. The minimum Gasteiger partial charge on any atom is -0.378 e. The Hall–Kier alpha value is -2.67. The average Bonchev–Trinajstić information content (AvgIpc) is 2.70. The number of hydrogen-bond acceptors (Lipinski definition) is 5. The number of carbonyl (C=O) groups excluding carboxylic acids is 1. The lowest BCUT2D eigenvalue weighted by Crippen LogP contribution is -2.36. The summed E-state index contributed by atoms with van der Waals surface area (Å²) in [6.45, 7) is 6.27. The molecule has 7 heteroatoms. The molecule has 27 heavy (non-hydrogen) atoms. The van der Waals surface area contributed by atoms with Crippen molar-refractivity contribution in [3.63, 3.8) is 0 Å². The molecular weight excluding hydrogens is 344 g/mol. The van der Waals surface area contributed by atoms with Crippen LogP contribution in [0.4, 0.5) is 5.69 Å². The standard InChI is InChI=1S/C20H26N4O3/c1-3-10-24-19(25)9-8-18(21-24)20(26)22(2)15-16-4-6-17(7-5-16)23-11-13-27-14-12-23/h4-9H,3,10-15H2,1-2H3. The molecule has 1 aliphatic heterocycles. The first-order valence-corrected chi connectivity index (χ1v) is 9.33. The second-order valence-electron chi connectivity index (χ2n) is 6.71. The molecule has 2 heterocycles. The first kappa shape index (κ1) is 19.1. The van der Waals surface area contributed by atoms with E-state index >= 15 is 0 Å². The van der Waals surface area contributed by atoms with E-state index in [9.17, 15) is 9.59 Å². The topological polar surface area (TPSA) is 67.7 Å². The van der Waals surface area contributed by atoms with Gasteiger partial charge in [-0.1, -0.05) is 19.1 Å². The van der Waals surface area contributed by atoms with Crippen molar-refractivity contribution in [3.8, 4) is 0 Å². The number of amides is 1. The zero-order valence-electron chi connectivity index (χ0n) is 15.9. The van der Waals surface area contributed by atoms with Gasteiger partial charge in [0.15, 0.2) is 0 Å². The van der Waals surface area contributed by atoms with Crippen LogP contribution >= 0.6 is 0 Å². The van der Waals surface area contributed by atoms with Crippen molar-refractivity contribution >= 4 is 11.6 Å². The van der Waals surface area contributed by atoms with Crippen LogP contribution in [-0.2, 0) is 17.8 Å². The normalized spacial score (nSPS) is 14.2. The Morgan fingerprint density at radius 1 is 1.15 bits per heavy atom. The molecule has 7 nitrogen and oxygen atoms in total. The van der Waals surface area contributed by atoms with Gasteiger partial charge in [0.05, 0.1) is 13.2 Å². The summed E-state index contributed by atoms with van der Waals surface area (Å²) in [5.41, 5.74) is 2.32. The molecular formula is C20H26N4O3. The van der Waals surface area contributed by atoms with Crippen molar-refractivity contribution in [3.05, 3.63) is 58.0 Å². The molecule has 1 aliphatic rings. The molecule has 1 saturated heterocycles. The predicted molar refractivity (Wildman–Crippen MR) is 104 cm³/mol. The molecule has 144 valence electrons. The van der Waals surface area contributed by atoms with Crippen LogP contribution < -0.4 is 10.5 Å². The molecule has 0 unspecified atom stereocenters. The Labute approximate surface area is 159 Å². The molecule has 0 bridgehead atoms. The molecule has 1 amide bonds. The van der Waals surface area contributed by atoms with Crippen molar-refractivity contribution < 1.29 is 9.53 Å². The second kappa shape index (κ2) is 8.81. The van der Waals surface area contributed by atoms with Crippen molar-refractivity contribution in [1.29, 1.82) is 0 Å². The second-order valence-corrected chi connectivity index (χ2v) is 6.71. The van der Waals surface area contributed by atoms with Gasteiger partial charge in [0.25, 0.3) is 11.5 Å². The summed E-state index contributed by atoms with van der Waals surface area (Å²) < 4.78 is 6.73. The molecule has 0 N–H and O–H groups in total. The van der Waals surface area contributed by atoms with Gasteiger partial charge in [-0.2, -0.15) is 5.10 Å². The van der Waals surface area contributed by atoms with Gasteiger partial charge in [0, 0.05) is 45.0 Å². The molecule has 0 aliphatic carbocycles. The number of hydrogen-bond donors (Lipinski definition) is 0. The smallest absolute Gasteiger partial charge is 0.274 e. The van der Waals surface area contributed by atoms with Crippen molar-refractivity contribution in [2.24, 2.45) is 0 Å². The highest BCUT2D eigenvalue weighted by atomic mass is 16.5. The Morgan fingerprint density at radius 2 is 1.85 bits per heavy atom. The Kier molecular flexibility index (Phi) is 6.24. The van der Waals surface area contributed by atoms with E-state index in [4.69, 9.17) is 4.74 Å². The number of carbonyl (C=O) groups is 1. The quantitative estimate of drug-likeness (QED) is 0.775. The van der Waals surface area contributed by atoms with Gasteiger partial charge in [-0.25, -0.2) is 4.68 Å². The van der Waals surface area contributed by atoms with Crippen molar-refractivity contribution in [1.82, 2.24) is 14.7 Å². The summed E-state index contributed by atoms with van der Waals surface area (Å²) in [6.07, 6.45) is 0.788. The lowest BCUT2D eigenvalue weighted by molar-refractivity contribution is 0.0776. The monoisotopic (exact) mass is 370 g/mol. The lowest BCUT2D eigenvalue weighted by Gasteiger charge is -2.29. The van der Waals surface area contributed by atoms with Gasteiger partial charge in [0.2, 0.25) is 0 Å². The summed E-state index contributed by atoms with van der Waals surface area (Å²) in [6, 6.07) is 11.1. The first-order chi connectivity index (χ1) is 13.1. The molecule has 3 rings (SSSR count). The number of benzene rings is 1. The van der Waals surface area contributed by atoms with E-state index < -0.39 is 0 Å². The number of rotatable bonds is 6. The van der Waals surface area contributed by atoms with E-state index in [1.165, 1.54) is 22.5 Å². The van der Waals surface area contributed by atoms with Crippen LogP contribution in [0, 0.1) is 0 Å². The largest absolute Gasteiger partial charge is 0.378 e. The van der Waals surface area contributed by atoms with Crippen LogP contribution in [0.1, 0.15) is 29.4 Å². The fourth-order valence-electron chi connectivity index (χ4n) is 3.11. The number of anilines is 1. The third-order valence-corrected chi connectivity index (χ3v) is 4.60. The number of aryl methyl sites for hydroxylation is 1. The highest BCUT2D eigenvalue weighted by Crippen LogP contribution is 2.17. The summed E-state index contributed by atoms with van der Waals surface area (Å²) in [5, 5.41) is 4.19. The number of morpholine rings is 1. The van der Waals surface area contributed by atoms with Crippen LogP contribution in [0.25, 0.3) is 0 Å². The minimum atomic E-state index is -0.197. The summed E-state index contributed by atoms with van der Waals surface area (Å²) in [5.74, 6) is -0.197. The number of ether oxygens (including phenoxy) is 1. The minimum absolute atomic E-state index is 0.185. The molecule has 0 spiro atoms. The van der Waals surface area contributed by atoms with Gasteiger partial charge in [0.1, 0.15) is 5.69 Å². The molecule has 1 aromatic carbocycles. The van der Waals surface area contributed by atoms with Crippen LogP contribution in [-0.4, -0.2) is 53.9 Å². The first-order valence-electron chi connectivity index (χ1n) is 9.33. The summed E-state index contributed by atoms with van der Waals surface area (Å²) in [7, 11) is 1.75. The van der Waals surface area contributed by atoms with Gasteiger partial charge in [-0.3, -0.25) is 9.59 Å². The van der Waals surface area contributed by atoms with Crippen molar-refractivity contribution in [2.75, 3.05) is 38.3 Å². The fourth-order valence-corrected chi connectivity index (χ4v) is 3.11. The highest BCUT2D eigenvalue weighted by molar-refractivity contribution is 5.91. The van der Waals surface area contributed by atoms with Crippen LogP contribution in [0.2, 0.25) is 0 Å². The van der Waals surface area contributed by atoms with Gasteiger partial charge < -0.3 is 14.5 Å². The average molecular weight is 370 g/mol. The van der Waals surface area contributed by atoms with Crippen LogP contribution in [0.5, 0.6) is 0 Å². The molecule has 0 radical (unpaired) electrons. The maximum Gasteiger partial charge on any atom is 0.274 e. The van der Waals surface area contributed by atoms with Gasteiger partial charge in [-0.05, 0) is 30.2 Å². The van der Waals surface area contributed by atoms with E-state index in [1.807, 2.05) is 19.1 Å².